The van der Waals surface area contributed by atoms with E-state index in [1.165, 1.54) is 39.2 Å². The lowest BCUT2D eigenvalue weighted by Crippen LogP contribution is -2.10. The van der Waals surface area contributed by atoms with Gasteiger partial charge >= 0.3 is 0 Å². The fourth-order valence-electron chi connectivity index (χ4n) is 16.8. The molecule has 0 radical (unpaired) electrons. The molecule has 0 atom stereocenters. The molecule has 0 unspecified atom stereocenters. The van der Waals surface area contributed by atoms with Crippen LogP contribution in [0.15, 0.2) is 391 Å². The van der Waals surface area contributed by atoms with Crippen molar-refractivity contribution >= 4 is 212 Å². The van der Waals surface area contributed by atoms with Crippen LogP contribution in [-0.2, 0) is 0 Å². The van der Waals surface area contributed by atoms with Crippen molar-refractivity contribution in [1.82, 2.24) is 9.13 Å². The van der Waals surface area contributed by atoms with Gasteiger partial charge in [-0.1, -0.05) is 48.5 Å². The molecule has 1 aliphatic carbocycles. The molecule has 120 heavy (non-hydrogen) atoms. The molecule has 7 nitrogen and oxygen atoms in total. The van der Waals surface area contributed by atoms with E-state index in [2.05, 4.69) is 431 Å². The third-order valence-electron chi connectivity index (χ3n) is 22.9. The van der Waals surface area contributed by atoms with Crippen LogP contribution in [0.25, 0.3) is 88.4 Å². The predicted octanol–water partition coefficient (Wildman–Crippen LogP) is 32.1. The van der Waals surface area contributed by atoms with Crippen LogP contribution in [0.5, 0.6) is 0 Å². The van der Waals surface area contributed by atoms with Gasteiger partial charge in [0.05, 0.1) is 22.1 Å². The topological polar surface area (TPSA) is 39.9 Å². The van der Waals surface area contributed by atoms with E-state index in [0.29, 0.717) is 11.1 Å². The molecule has 18 aromatic rings. The second kappa shape index (κ2) is 34.1. The Bertz CT molecular complexity index is 5940. The third-order valence-corrected chi connectivity index (χ3v) is 28.8. The Balaban J connectivity index is 0.660. The van der Waals surface area contributed by atoms with Crippen LogP contribution < -0.4 is 19.6 Å². The number of benzene rings is 16. The summed E-state index contributed by atoms with van der Waals surface area (Å²) in [5.41, 5.74) is 26.7. The number of hydrogen-bond donors (Lipinski definition) is 0. The van der Waals surface area contributed by atoms with Gasteiger partial charge in [-0.05, 0) is 387 Å². The zero-order valence-corrected chi connectivity index (χ0v) is 73.9. The molecule has 0 N–H and O–H groups in total. The van der Waals surface area contributed by atoms with Crippen molar-refractivity contribution in [3.63, 3.8) is 0 Å². The summed E-state index contributed by atoms with van der Waals surface area (Å²) in [6, 6.07) is 129. The Morgan fingerprint density at radius 1 is 0.183 bits per heavy atom. The smallest absolute Gasteiger partial charge is 0.194 e. The maximum Gasteiger partial charge on any atom is 0.194 e. The molecule has 0 spiro atoms. The fourth-order valence-corrected chi connectivity index (χ4v) is 20.1. The number of aromatic nitrogens is 2. The summed E-state index contributed by atoms with van der Waals surface area (Å²) in [5.74, 6) is 0.0325. The number of rotatable bonds is 24. The summed E-state index contributed by atoms with van der Waals surface area (Å²) in [6.45, 7) is 0. The SMILES string of the molecule is CSc1ccc(N(c2ccc(SC)cc2)c2ccc3c(c2)c2cc(N(c4ccc(SC)cc4)c4ccc(SC)cc4)ccc2n3-c2ccc(-c3ccc4c(c3)C(=O)c3cc(-c5ccc(-n6c7ccc(N(c8ccc(SC)cc8)c8ccc(SC)cc8)cc7c7cc(N(c8ccc(SC)cc8)c8ccc(SC)cc8)ccc76)cc5)ccc3-4)cc2)cc1. The molecule has 0 bridgehead atoms. The van der Waals surface area contributed by atoms with Crippen LogP contribution in [0.3, 0.4) is 0 Å². The maximum atomic E-state index is 15.1. The highest BCUT2D eigenvalue weighted by molar-refractivity contribution is 8.00. The lowest BCUT2D eigenvalue weighted by molar-refractivity contribution is 0.104. The van der Waals surface area contributed by atoms with Crippen LogP contribution in [0.4, 0.5) is 68.2 Å². The van der Waals surface area contributed by atoms with Crippen LogP contribution in [0.2, 0.25) is 0 Å². The fraction of sp³-hybridized carbons (Fsp3) is 0.0762. The largest absolute Gasteiger partial charge is 0.310 e. The summed E-state index contributed by atoms with van der Waals surface area (Å²) in [4.78, 5) is 34.3. The molecule has 19 rings (SSSR count). The molecule has 2 aromatic heterocycles. The Morgan fingerprint density at radius 2 is 0.367 bits per heavy atom. The van der Waals surface area contributed by atoms with Gasteiger partial charge in [0, 0.05) is 151 Å². The average Bonchev–Trinajstić information content (AvgIpc) is 1.58. The highest BCUT2D eigenvalue weighted by Crippen LogP contribution is 2.49. The van der Waals surface area contributed by atoms with Crippen molar-refractivity contribution in [2.75, 3.05) is 69.6 Å². The van der Waals surface area contributed by atoms with E-state index < -0.39 is 0 Å². The summed E-state index contributed by atoms with van der Waals surface area (Å²) < 4.78 is 4.81. The lowest BCUT2D eigenvalue weighted by Gasteiger charge is -2.26. The van der Waals surface area contributed by atoms with E-state index in [0.717, 1.165) is 157 Å². The van der Waals surface area contributed by atoms with Crippen molar-refractivity contribution in [1.29, 1.82) is 0 Å². The lowest BCUT2D eigenvalue weighted by atomic mass is 9.98. The number of carbonyl (C=O) groups excluding carboxylic acids is 1. The van der Waals surface area contributed by atoms with Gasteiger partial charge in [-0.25, -0.2) is 0 Å². The summed E-state index contributed by atoms with van der Waals surface area (Å²) in [5, 5.41) is 4.52. The van der Waals surface area contributed by atoms with Gasteiger partial charge in [0.25, 0.3) is 0 Å². The maximum absolute atomic E-state index is 15.1. The van der Waals surface area contributed by atoms with E-state index in [9.17, 15) is 0 Å². The number of anilines is 12. The Kier molecular flexibility index (Phi) is 22.4. The van der Waals surface area contributed by atoms with Crippen molar-refractivity contribution in [2.45, 2.75) is 39.2 Å². The van der Waals surface area contributed by atoms with Gasteiger partial charge in [-0.2, -0.15) is 0 Å². The van der Waals surface area contributed by atoms with Crippen molar-refractivity contribution in [3.05, 3.63) is 363 Å². The number of nitrogens with zero attached hydrogens (tertiary/aromatic N) is 6. The molecule has 2 heterocycles. The second-order valence-electron chi connectivity index (χ2n) is 29.3. The van der Waals surface area contributed by atoms with E-state index in [1.54, 1.807) is 94.1 Å². The quantitative estimate of drug-likeness (QED) is 0.0540. The molecule has 586 valence electrons. The van der Waals surface area contributed by atoms with Crippen LogP contribution >= 0.6 is 94.1 Å². The van der Waals surface area contributed by atoms with Gasteiger partial charge in [0.1, 0.15) is 0 Å². The monoisotopic (exact) mass is 1700 g/mol. The number of ketones is 1. The molecule has 0 saturated heterocycles. The number of carbonyl (C=O) groups is 1. The molecule has 15 heteroatoms. The number of hydrogen-bond acceptors (Lipinski definition) is 13. The number of fused-ring (bicyclic) bond motifs is 9. The first-order valence-corrected chi connectivity index (χ1v) is 49.3. The van der Waals surface area contributed by atoms with E-state index >= 15 is 4.79 Å². The van der Waals surface area contributed by atoms with Gasteiger partial charge in [0.2, 0.25) is 0 Å². The minimum Gasteiger partial charge on any atom is -0.310 e. The van der Waals surface area contributed by atoms with Gasteiger partial charge in [0.15, 0.2) is 5.78 Å². The van der Waals surface area contributed by atoms with Gasteiger partial charge in [-0.3, -0.25) is 4.79 Å². The van der Waals surface area contributed by atoms with E-state index in [-0.39, 0.29) is 5.78 Å². The molecule has 0 aliphatic heterocycles. The zero-order chi connectivity index (χ0) is 81.6. The Hall–Kier alpha value is -11.2. The predicted molar refractivity (Wildman–Crippen MR) is 528 cm³/mol. The van der Waals surface area contributed by atoms with Crippen LogP contribution in [0.1, 0.15) is 15.9 Å². The number of thioether (sulfide) groups is 8. The first-order chi connectivity index (χ1) is 59.0. The van der Waals surface area contributed by atoms with E-state index in [4.69, 9.17) is 0 Å². The molecular weight excluding hydrogens is 1620 g/mol. The third kappa shape index (κ3) is 14.9. The molecule has 0 saturated carbocycles. The average molecular weight is 1700 g/mol. The van der Waals surface area contributed by atoms with E-state index in [1.807, 2.05) is 0 Å². The summed E-state index contributed by atoms with van der Waals surface area (Å²) in [7, 11) is 0. The zero-order valence-electron chi connectivity index (χ0n) is 67.3. The standard InChI is InChI=1S/C105H82N6OS8/c1-113-85-39-19-71(20-40-85)106(72-21-41-86(114-2)42-22-72)81-35-57-101-95(63-81)96-64-82(107(73-23-43-87(115-3)44-24-73)74-25-45-88(116-4)46-26-74)36-58-102(96)110(101)79-15-9-67(10-16-79)69-13-55-93-94-56-14-70(62-100(94)105(112)99(93)61-69)68-11-17-80(18-12-68)111-103-59-37-83(108(75-27-47-89(117-5)48-28-75)76-29-49-90(118-6)50-30-76)65-97(103)98-66-84(38-60-104(98)111)109(77-31-51-91(119-7)52-32-77)78-33-53-92(120-8)54-34-78/h9-66H,1-8H3. The summed E-state index contributed by atoms with van der Waals surface area (Å²) in [6.07, 6.45) is 17.0. The summed E-state index contributed by atoms with van der Waals surface area (Å²) >= 11 is 14.0. The first kappa shape index (κ1) is 78.6. The minimum absolute atomic E-state index is 0.0325. The first-order valence-electron chi connectivity index (χ1n) is 39.5. The molecule has 0 fully saturated rings. The van der Waals surface area contributed by atoms with Crippen LogP contribution in [-0.4, -0.2) is 65.0 Å². The highest BCUT2D eigenvalue weighted by atomic mass is 32.2. The van der Waals surface area contributed by atoms with Crippen molar-refractivity contribution < 1.29 is 4.79 Å². The Morgan fingerprint density at radius 3 is 0.558 bits per heavy atom. The Labute approximate surface area is 735 Å². The van der Waals surface area contributed by atoms with Crippen molar-refractivity contribution in [3.8, 4) is 44.8 Å². The minimum atomic E-state index is 0.0325. The van der Waals surface area contributed by atoms with Crippen molar-refractivity contribution in [2.24, 2.45) is 0 Å². The van der Waals surface area contributed by atoms with Crippen LogP contribution in [0, 0.1) is 0 Å². The second-order valence-corrected chi connectivity index (χ2v) is 36.4. The molecule has 1 aliphatic rings. The highest BCUT2D eigenvalue weighted by Gasteiger charge is 2.30. The molecule has 16 aromatic carbocycles. The normalized spacial score (nSPS) is 11.8. The van der Waals surface area contributed by atoms with Gasteiger partial charge in [-0.15, -0.1) is 94.1 Å². The molecule has 0 amide bonds. The molecular formula is C105H82N6OS8. The van der Waals surface area contributed by atoms with Gasteiger partial charge < -0.3 is 28.7 Å².